The summed E-state index contributed by atoms with van der Waals surface area (Å²) in [5.41, 5.74) is 0. The second-order valence-electron chi connectivity index (χ2n) is 2.78. The molecular formula is C8H14O3. The fraction of sp³-hybridized carbons (Fsp3) is 0.875. The predicted octanol–water partition coefficient (Wildman–Crippen LogP) is 1.46. The van der Waals surface area contributed by atoms with Crippen LogP contribution in [0.4, 0.5) is 0 Å². The first-order valence-corrected chi connectivity index (χ1v) is 4.05. The third-order valence-corrected chi connectivity index (χ3v) is 1.82. The van der Waals surface area contributed by atoms with Crippen molar-refractivity contribution in [1.82, 2.24) is 0 Å². The minimum atomic E-state index is -0.280. The number of hydrogen-bond acceptors (Lipinski definition) is 3. The van der Waals surface area contributed by atoms with Gasteiger partial charge in [0.25, 0.3) is 0 Å². The molecule has 3 nitrogen and oxygen atoms in total. The van der Waals surface area contributed by atoms with Crippen molar-refractivity contribution < 1.29 is 14.3 Å². The highest BCUT2D eigenvalue weighted by atomic mass is 16.7. The van der Waals surface area contributed by atoms with E-state index in [1.165, 1.54) is 6.92 Å². The third kappa shape index (κ3) is 2.50. The molecule has 0 N–H and O–H groups in total. The fourth-order valence-corrected chi connectivity index (χ4v) is 1.24. The summed E-state index contributed by atoms with van der Waals surface area (Å²) in [6, 6.07) is 0. The molecule has 1 unspecified atom stereocenters. The molecule has 11 heavy (non-hydrogen) atoms. The lowest BCUT2D eigenvalue weighted by Crippen LogP contribution is -2.16. The lowest BCUT2D eigenvalue weighted by Gasteiger charge is -2.11. The molecule has 0 saturated carbocycles. The molecule has 0 bridgehead atoms. The summed E-state index contributed by atoms with van der Waals surface area (Å²) >= 11 is 0. The van der Waals surface area contributed by atoms with Gasteiger partial charge in [0.2, 0.25) is 6.29 Å². The first-order chi connectivity index (χ1) is 5.22. The van der Waals surface area contributed by atoms with Crippen molar-refractivity contribution in [3.63, 3.8) is 0 Å². The highest BCUT2D eigenvalue weighted by Gasteiger charge is 2.25. The fourth-order valence-electron chi connectivity index (χ4n) is 1.24. The van der Waals surface area contributed by atoms with Crippen molar-refractivity contribution in [2.45, 2.75) is 45.5 Å². The number of carbonyl (C=O) groups is 1. The van der Waals surface area contributed by atoms with E-state index in [-0.39, 0.29) is 12.3 Å². The molecule has 0 aliphatic carbocycles. The van der Waals surface area contributed by atoms with E-state index in [1.807, 2.05) is 0 Å². The lowest BCUT2D eigenvalue weighted by molar-refractivity contribution is -0.172. The molecule has 64 valence electrons. The van der Waals surface area contributed by atoms with Crippen molar-refractivity contribution in [2.24, 2.45) is 0 Å². The van der Waals surface area contributed by atoms with E-state index < -0.39 is 0 Å². The quantitative estimate of drug-likeness (QED) is 0.571. The molecule has 0 aromatic rings. The van der Waals surface area contributed by atoms with E-state index in [1.54, 1.807) is 0 Å². The number of carbonyl (C=O) groups excluding carboxylic acids is 1. The molecule has 1 rings (SSSR count). The molecule has 1 aliphatic heterocycles. The standard InChI is InChI=1S/C8H14O3/c1-3-7-4-5-8(11-7)10-6(2)9/h7-8H,3-5H2,1-2H3/t7-,8?/m1/s1. The predicted molar refractivity (Wildman–Crippen MR) is 40.0 cm³/mol. The SMILES string of the molecule is CC[C@@H]1CCC(OC(C)=O)O1. The zero-order chi connectivity index (χ0) is 8.27. The zero-order valence-electron chi connectivity index (χ0n) is 7.00. The van der Waals surface area contributed by atoms with Gasteiger partial charge >= 0.3 is 5.97 Å². The number of esters is 1. The van der Waals surface area contributed by atoms with Crippen LogP contribution in [0.25, 0.3) is 0 Å². The first kappa shape index (κ1) is 8.53. The van der Waals surface area contributed by atoms with Crippen LogP contribution >= 0.6 is 0 Å². The minimum Gasteiger partial charge on any atom is -0.436 e. The van der Waals surface area contributed by atoms with Crippen LogP contribution in [0.15, 0.2) is 0 Å². The summed E-state index contributed by atoms with van der Waals surface area (Å²) in [5.74, 6) is -0.258. The number of hydrogen-bond donors (Lipinski definition) is 0. The van der Waals surface area contributed by atoms with E-state index in [0.29, 0.717) is 6.10 Å². The molecule has 1 heterocycles. The molecular weight excluding hydrogens is 144 g/mol. The monoisotopic (exact) mass is 158 g/mol. The second kappa shape index (κ2) is 3.72. The topological polar surface area (TPSA) is 35.5 Å². The Morgan fingerprint density at radius 3 is 2.82 bits per heavy atom. The van der Waals surface area contributed by atoms with Crippen molar-refractivity contribution in [1.29, 1.82) is 0 Å². The van der Waals surface area contributed by atoms with Gasteiger partial charge in [0.15, 0.2) is 0 Å². The molecule has 3 heteroatoms. The van der Waals surface area contributed by atoms with E-state index in [4.69, 9.17) is 9.47 Å². The maximum Gasteiger partial charge on any atom is 0.304 e. The van der Waals surface area contributed by atoms with E-state index >= 15 is 0 Å². The summed E-state index contributed by atoms with van der Waals surface area (Å²) in [6.45, 7) is 3.48. The minimum absolute atomic E-state index is 0.258. The second-order valence-corrected chi connectivity index (χ2v) is 2.78. The Hall–Kier alpha value is -0.570. The van der Waals surface area contributed by atoms with Crippen LogP contribution in [0, 0.1) is 0 Å². The van der Waals surface area contributed by atoms with Crippen LogP contribution in [0.5, 0.6) is 0 Å². The van der Waals surface area contributed by atoms with Crippen molar-refractivity contribution >= 4 is 5.97 Å². The van der Waals surface area contributed by atoms with Crippen LogP contribution in [0.2, 0.25) is 0 Å². The molecule has 1 aliphatic rings. The Balaban J connectivity index is 2.24. The van der Waals surface area contributed by atoms with Crippen LogP contribution < -0.4 is 0 Å². The maximum atomic E-state index is 10.5. The molecule has 1 saturated heterocycles. The van der Waals surface area contributed by atoms with Gasteiger partial charge in [-0.3, -0.25) is 4.79 Å². The number of ether oxygens (including phenoxy) is 2. The first-order valence-electron chi connectivity index (χ1n) is 4.05. The van der Waals surface area contributed by atoms with E-state index in [2.05, 4.69) is 6.92 Å². The average Bonchev–Trinajstić information content (AvgIpc) is 2.34. The van der Waals surface area contributed by atoms with Crippen LogP contribution in [-0.2, 0) is 14.3 Å². The maximum absolute atomic E-state index is 10.5. The highest BCUT2D eigenvalue weighted by Crippen LogP contribution is 2.22. The van der Waals surface area contributed by atoms with Gasteiger partial charge in [-0.25, -0.2) is 0 Å². The van der Waals surface area contributed by atoms with Crippen LogP contribution in [-0.4, -0.2) is 18.4 Å². The van der Waals surface area contributed by atoms with Crippen molar-refractivity contribution in [3.05, 3.63) is 0 Å². The van der Waals surface area contributed by atoms with Crippen LogP contribution in [0.1, 0.15) is 33.1 Å². The molecule has 2 atom stereocenters. The van der Waals surface area contributed by atoms with Gasteiger partial charge in [0, 0.05) is 13.3 Å². The van der Waals surface area contributed by atoms with E-state index in [9.17, 15) is 4.79 Å². The summed E-state index contributed by atoms with van der Waals surface area (Å²) in [7, 11) is 0. The van der Waals surface area contributed by atoms with Gasteiger partial charge < -0.3 is 9.47 Å². The highest BCUT2D eigenvalue weighted by molar-refractivity contribution is 5.66. The van der Waals surface area contributed by atoms with E-state index in [0.717, 1.165) is 19.3 Å². The Bertz CT molecular complexity index is 144. The van der Waals surface area contributed by atoms with Gasteiger partial charge in [0.1, 0.15) is 0 Å². The Morgan fingerprint density at radius 2 is 2.36 bits per heavy atom. The Morgan fingerprint density at radius 1 is 1.64 bits per heavy atom. The summed E-state index contributed by atoms with van der Waals surface area (Å²) in [6.07, 6.45) is 2.86. The van der Waals surface area contributed by atoms with Crippen molar-refractivity contribution in [2.75, 3.05) is 0 Å². The van der Waals surface area contributed by atoms with Crippen molar-refractivity contribution in [3.8, 4) is 0 Å². The van der Waals surface area contributed by atoms with Gasteiger partial charge in [-0.1, -0.05) is 6.92 Å². The molecule has 0 spiro atoms. The van der Waals surface area contributed by atoms with Crippen LogP contribution in [0.3, 0.4) is 0 Å². The Kier molecular flexibility index (Phi) is 2.88. The third-order valence-electron chi connectivity index (χ3n) is 1.82. The van der Waals surface area contributed by atoms with Gasteiger partial charge in [0.05, 0.1) is 6.10 Å². The largest absolute Gasteiger partial charge is 0.436 e. The molecule has 0 radical (unpaired) electrons. The molecule has 0 amide bonds. The zero-order valence-corrected chi connectivity index (χ0v) is 7.00. The average molecular weight is 158 g/mol. The number of rotatable bonds is 2. The van der Waals surface area contributed by atoms with Gasteiger partial charge in [-0.05, 0) is 12.8 Å². The lowest BCUT2D eigenvalue weighted by atomic mass is 10.2. The van der Waals surface area contributed by atoms with Gasteiger partial charge in [-0.15, -0.1) is 0 Å². The normalized spacial score (nSPS) is 30.4. The summed E-state index contributed by atoms with van der Waals surface area (Å²) < 4.78 is 10.3. The van der Waals surface area contributed by atoms with Gasteiger partial charge in [-0.2, -0.15) is 0 Å². The Labute approximate surface area is 66.7 Å². The summed E-state index contributed by atoms with van der Waals surface area (Å²) in [5, 5.41) is 0. The summed E-state index contributed by atoms with van der Waals surface area (Å²) in [4.78, 5) is 10.5. The molecule has 1 fully saturated rings. The molecule has 0 aromatic heterocycles. The molecule has 0 aromatic carbocycles. The smallest absolute Gasteiger partial charge is 0.304 e.